The molecular weight excluding hydrogens is 224 g/mol. The SMILES string of the molecule is O=Cc1cc2c(cc1C#CCCS)OCO2. The van der Waals surface area contributed by atoms with Gasteiger partial charge in [-0.2, -0.15) is 12.6 Å². The lowest BCUT2D eigenvalue weighted by Gasteiger charge is -2.00. The van der Waals surface area contributed by atoms with Crippen molar-refractivity contribution in [2.75, 3.05) is 12.5 Å². The van der Waals surface area contributed by atoms with Crippen LogP contribution in [0.2, 0.25) is 0 Å². The van der Waals surface area contributed by atoms with Crippen LogP contribution in [0.1, 0.15) is 22.3 Å². The molecule has 4 heteroatoms. The van der Waals surface area contributed by atoms with E-state index in [1.165, 1.54) is 0 Å². The molecule has 1 aromatic carbocycles. The standard InChI is InChI=1S/C12H10O3S/c13-7-10-6-12-11(14-8-15-12)5-9(10)3-1-2-4-16/h5-7,16H,2,4,8H2. The zero-order valence-electron chi connectivity index (χ0n) is 8.53. The molecule has 2 rings (SSSR count). The number of hydrogen-bond donors (Lipinski definition) is 1. The molecule has 0 aromatic heterocycles. The van der Waals surface area contributed by atoms with Crippen LogP contribution in [0.5, 0.6) is 11.5 Å². The van der Waals surface area contributed by atoms with Gasteiger partial charge in [-0.3, -0.25) is 4.79 Å². The minimum absolute atomic E-state index is 0.196. The van der Waals surface area contributed by atoms with E-state index >= 15 is 0 Å². The Balaban J connectivity index is 2.37. The molecule has 0 spiro atoms. The highest BCUT2D eigenvalue weighted by Gasteiger charge is 2.15. The Morgan fingerprint density at radius 1 is 1.38 bits per heavy atom. The van der Waals surface area contributed by atoms with Crippen molar-refractivity contribution in [3.05, 3.63) is 23.3 Å². The minimum Gasteiger partial charge on any atom is -0.454 e. The van der Waals surface area contributed by atoms with Gasteiger partial charge >= 0.3 is 0 Å². The quantitative estimate of drug-likeness (QED) is 0.482. The number of carbonyl (C=O) groups excluding carboxylic acids is 1. The average molecular weight is 234 g/mol. The summed E-state index contributed by atoms with van der Waals surface area (Å²) in [5, 5.41) is 0. The predicted octanol–water partition coefficient (Wildman–Crippen LogP) is 1.90. The van der Waals surface area contributed by atoms with Gasteiger partial charge in [0.15, 0.2) is 17.8 Å². The van der Waals surface area contributed by atoms with Crippen LogP contribution in [0.15, 0.2) is 12.1 Å². The maximum atomic E-state index is 10.9. The summed E-state index contributed by atoms with van der Waals surface area (Å²) >= 11 is 4.06. The second kappa shape index (κ2) is 4.95. The van der Waals surface area contributed by atoms with Crippen LogP contribution in [0.3, 0.4) is 0 Å². The molecule has 0 unspecified atom stereocenters. The number of rotatable bonds is 2. The normalized spacial score (nSPS) is 11.8. The lowest BCUT2D eigenvalue weighted by molar-refractivity contribution is 0.112. The van der Waals surface area contributed by atoms with Crippen molar-refractivity contribution in [3.8, 4) is 23.3 Å². The third-order valence-electron chi connectivity index (χ3n) is 2.13. The number of thiol groups is 1. The fraction of sp³-hybridized carbons (Fsp3) is 0.250. The van der Waals surface area contributed by atoms with Crippen molar-refractivity contribution in [1.29, 1.82) is 0 Å². The number of aldehydes is 1. The smallest absolute Gasteiger partial charge is 0.231 e. The van der Waals surface area contributed by atoms with E-state index in [0.717, 1.165) is 6.29 Å². The summed E-state index contributed by atoms with van der Waals surface area (Å²) < 4.78 is 10.4. The Bertz CT molecular complexity index is 471. The monoisotopic (exact) mass is 234 g/mol. The lowest BCUT2D eigenvalue weighted by atomic mass is 10.1. The van der Waals surface area contributed by atoms with Gasteiger partial charge in [0.1, 0.15) is 0 Å². The highest BCUT2D eigenvalue weighted by atomic mass is 32.1. The maximum absolute atomic E-state index is 10.9. The van der Waals surface area contributed by atoms with Crippen LogP contribution < -0.4 is 9.47 Å². The number of ether oxygens (including phenoxy) is 2. The zero-order valence-corrected chi connectivity index (χ0v) is 9.42. The highest BCUT2D eigenvalue weighted by Crippen LogP contribution is 2.34. The van der Waals surface area contributed by atoms with Crippen LogP contribution >= 0.6 is 12.6 Å². The van der Waals surface area contributed by atoms with E-state index in [-0.39, 0.29) is 6.79 Å². The molecule has 0 atom stereocenters. The molecule has 0 fully saturated rings. The summed E-state index contributed by atoms with van der Waals surface area (Å²) in [6.45, 7) is 0.196. The van der Waals surface area contributed by atoms with E-state index in [4.69, 9.17) is 9.47 Å². The molecule has 1 aliphatic rings. The maximum Gasteiger partial charge on any atom is 0.231 e. The van der Waals surface area contributed by atoms with Gasteiger partial charge in [-0.25, -0.2) is 0 Å². The van der Waals surface area contributed by atoms with Crippen LogP contribution in [0, 0.1) is 11.8 Å². The molecule has 0 aliphatic carbocycles. The second-order valence-corrected chi connectivity index (χ2v) is 3.63. The third kappa shape index (κ3) is 2.15. The molecule has 0 bridgehead atoms. The van der Waals surface area contributed by atoms with Gasteiger partial charge in [0.25, 0.3) is 0 Å². The van der Waals surface area contributed by atoms with Crippen LogP contribution in [-0.4, -0.2) is 18.8 Å². The molecule has 0 N–H and O–H groups in total. The van der Waals surface area contributed by atoms with Gasteiger partial charge in [-0.15, -0.1) is 0 Å². The summed E-state index contributed by atoms with van der Waals surface area (Å²) in [4.78, 5) is 10.9. The molecule has 0 saturated heterocycles. The third-order valence-corrected chi connectivity index (χ3v) is 2.36. The molecule has 82 valence electrons. The van der Waals surface area contributed by atoms with Crippen molar-refractivity contribution in [3.63, 3.8) is 0 Å². The van der Waals surface area contributed by atoms with Crippen molar-refractivity contribution in [2.45, 2.75) is 6.42 Å². The van der Waals surface area contributed by atoms with Gasteiger partial charge in [0.2, 0.25) is 6.79 Å². The summed E-state index contributed by atoms with van der Waals surface area (Å²) in [7, 11) is 0. The average Bonchev–Trinajstić information content (AvgIpc) is 2.75. The molecule has 0 amide bonds. The van der Waals surface area contributed by atoms with Gasteiger partial charge < -0.3 is 9.47 Å². The van der Waals surface area contributed by atoms with E-state index in [2.05, 4.69) is 24.5 Å². The molecule has 1 aromatic rings. The predicted molar refractivity (Wildman–Crippen MR) is 63.3 cm³/mol. The molecule has 1 aliphatic heterocycles. The van der Waals surface area contributed by atoms with Gasteiger partial charge in [-0.1, -0.05) is 11.8 Å². The fourth-order valence-corrected chi connectivity index (χ4v) is 1.49. The Morgan fingerprint density at radius 3 is 2.81 bits per heavy atom. The summed E-state index contributed by atoms with van der Waals surface area (Å²) in [6.07, 6.45) is 1.46. The van der Waals surface area contributed by atoms with Gasteiger partial charge in [0.05, 0.1) is 0 Å². The van der Waals surface area contributed by atoms with Crippen molar-refractivity contribution < 1.29 is 14.3 Å². The van der Waals surface area contributed by atoms with Crippen molar-refractivity contribution in [2.24, 2.45) is 0 Å². The summed E-state index contributed by atoms with van der Waals surface area (Å²) in [6, 6.07) is 3.39. The first-order valence-electron chi connectivity index (χ1n) is 4.83. The zero-order chi connectivity index (χ0) is 11.4. The topological polar surface area (TPSA) is 35.5 Å². The first-order valence-corrected chi connectivity index (χ1v) is 5.47. The molecule has 0 saturated carbocycles. The van der Waals surface area contributed by atoms with Crippen LogP contribution in [0.4, 0.5) is 0 Å². The number of carbonyl (C=O) groups is 1. The Morgan fingerprint density at radius 2 is 2.12 bits per heavy atom. The molecule has 0 radical (unpaired) electrons. The summed E-state index contributed by atoms with van der Waals surface area (Å²) in [5.41, 5.74) is 1.19. The number of benzene rings is 1. The highest BCUT2D eigenvalue weighted by molar-refractivity contribution is 7.80. The Hall–Kier alpha value is -1.60. The molecule has 1 heterocycles. The van der Waals surface area contributed by atoms with Crippen molar-refractivity contribution in [1.82, 2.24) is 0 Å². The van der Waals surface area contributed by atoms with E-state index in [0.29, 0.717) is 34.8 Å². The van der Waals surface area contributed by atoms with E-state index in [9.17, 15) is 4.79 Å². The van der Waals surface area contributed by atoms with E-state index < -0.39 is 0 Å². The first-order chi connectivity index (χ1) is 7.85. The van der Waals surface area contributed by atoms with Crippen molar-refractivity contribution >= 4 is 18.9 Å². The second-order valence-electron chi connectivity index (χ2n) is 3.19. The summed E-state index contributed by atoms with van der Waals surface area (Å²) in [5.74, 6) is 7.81. The van der Waals surface area contributed by atoms with Gasteiger partial charge in [-0.05, 0) is 6.07 Å². The minimum atomic E-state index is 0.196. The van der Waals surface area contributed by atoms with E-state index in [1.807, 2.05) is 0 Å². The molecule has 16 heavy (non-hydrogen) atoms. The van der Waals surface area contributed by atoms with E-state index in [1.54, 1.807) is 12.1 Å². The largest absolute Gasteiger partial charge is 0.454 e. The van der Waals surface area contributed by atoms with Crippen LogP contribution in [0.25, 0.3) is 0 Å². The number of fused-ring (bicyclic) bond motifs is 1. The first kappa shape index (κ1) is 10.9. The molecular formula is C12H10O3S. The fourth-order valence-electron chi connectivity index (χ4n) is 1.38. The van der Waals surface area contributed by atoms with Crippen LogP contribution in [-0.2, 0) is 0 Å². The van der Waals surface area contributed by atoms with Gasteiger partial charge in [0, 0.05) is 29.4 Å². The Labute approximate surface area is 99.2 Å². The number of hydrogen-bond acceptors (Lipinski definition) is 4. The molecule has 3 nitrogen and oxygen atoms in total. The Kier molecular flexibility index (Phi) is 3.37. The lowest BCUT2D eigenvalue weighted by Crippen LogP contribution is -1.92.